The van der Waals surface area contributed by atoms with Gasteiger partial charge in [-0.2, -0.15) is 13.2 Å². The number of fused-ring (bicyclic) bond motifs is 2. The Labute approximate surface area is 214 Å². The molecule has 2 aromatic carbocycles. The Hall–Kier alpha value is -4.16. The molecule has 0 saturated carbocycles. The Morgan fingerprint density at radius 2 is 1.84 bits per heavy atom. The second kappa shape index (κ2) is 9.95. The molecule has 0 unspecified atom stereocenters. The van der Waals surface area contributed by atoms with Crippen LogP contribution in [0.25, 0.3) is 0 Å². The van der Waals surface area contributed by atoms with Gasteiger partial charge in [-0.25, -0.2) is 18.9 Å². The van der Waals surface area contributed by atoms with Crippen LogP contribution in [-0.4, -0.2) is 59.5 Å². The third kappa shape index (κ3) is 5.00. The maximum absolute atomic E-state index is 13.6. The van der Waals surface area contributed by atoms with Crippen LogP contribution in [0.5, 0.6) is 0 Å². The van der Waals surface area contributed by atoms with Crippen LogP contribution in [0, 0.1) is 5.82 Å². The number of nitrogens with zero attached hydrogens (tertiary/aromatic N) is 2. The Morgan fingerprint density at radius 3 is 2.47 bits per heavy atom. The van der Waals surface area contributed by atoms with Crippen molar-refractivity contribution >= 4 is 29.6 Å². The highest BCUT2D eigenvalue weighted by molar-refractivity contribution is 6.06. The van der Waals surface area contributed by atoms with Crippen LogP contribution in [0.3, 0.4) is 0 Å². The number of carbonyl (C=O) groups excluding carboxylic acids is 4. The third-order valence-corrected chi connectivity index (χ3v) is 6.67. The van der Waals surface area contributed by atoms with Gasteiger partial charge in [0.05, 0.1) is 0 Å². The fraction of sp³-hybridized carbons (Fsp3) is 0.360. The fourth-order valence-electron chi connectivity index (χ4n) is 4.53. The lowest BCUT2D eigenvalue weighted by Crippen LogP contribution is -2.51. The maximum atomic E-state index is 13.6. The average molecular weight is 536 g/mol. The molecule has 5 amide bonds. The van der Waals surface area contributed by atoms with E-state index in [1.165, 1.54) is 25.2 Å². The number of nitrogens with one attached hydrogen (secondary N) is 2. The first-order valence-electron chi connectivity index (χ1n) is 11.6. The second-order valence-electron chi connectivity index (χ2n) is 9.03. The number of anilines is 1. The van der Waals surface area contributed by atoms with E-state index in [1.807, 2.05) is 0 Å². The fourth-order valence-corrected chi connectivity index (χ4v) is 4.53. The van der Waals surface area contributed by atoms with Crippen molar-refractivity contribution in [3.05, 3.63) is 65.0 Å². The van der Waals surface area contributed by atoms with Gasteiger partial charge >= 0.3 is 18.3 Å². The summed E-state index contributed by atoms with van der Waals surface area (Å²) in [6, 6.07) is 6.57. The molecular formula is C25H24F4N4O5. The molecule has 13 heteroatoms. The van der Waals surface area contributed by atoms with Crippen LogP contribution < -0.4 is 10.6 Å². The number of hydrogen-bond donors (Lipinski definition) is 2. The van der Waals surface area contributed by atoms with Crippen LogP contribution >= 0.6 is 0 Å². The van der Waals surface area contributed by atoms with E-state index in [-0.39, 0.29) is 12.0 Å². The summed E-state index contributed by atoms with van der Waals surface area (Å²) in [4.78, 5) is 52.0. The molecule has 9 nitrogen and oxygen atoms in total. The summed E-state index contributed by atoms with van der Waals surface area (Å²) in [7, 11) is 1.42. The first kappa shape index (κ1) is 26.9. The molecule has 0 aromatic heterocycles. The van der Waals surface area contributed by atoms with Gasteiger partial charge < -0.3 is 20.3 Å². The van der Waals surface area contributed by atoms with Crippen molar-refractivity contribution < 1.29 is 41.5 Å². The van der Waals surface area contributed by atoms with Crippen LogP contribution in [0.1, 0.15) is 30.0 Å². The predicted octanol–water partition coefficient (Wildman–Crippen LogP) is 3.68. The van der Waals surface area contributed by atoms with Crippen LogP contribution in [0.4, 0.5) is 32.8 Å². The molecule has 1 aliphatic heterocycles. The van der Waals surface area contributed by atoms with Crippen molar-refractivity contribution in [1.29, 1.82) is 0 Å². The number of imide groups is 1. The SMILES string of the molecule is CNC(=O)Nc1ccc2c(c1)[C@]1(CC2)OC(=O)N(CC(=O)N(Cc2ccc(F)cc2)[C@@H](C)C(F)(F)F)C1=O. The van der Waals surface area contributed by atoms with Crippen LogP contribution in [-0.2, 0) is 32.9 Å². The van der Waals surface area contributed by atoms with Crippen molar-refractivity contribution in [2.75, 3.05) is 18.9 Å². The molecule has 0 bridgehead atoms. The van der Waals surface area contributed by atoms with E-state index in [0.29, 0.717) is 33.0 Å². The maximum Gasteiger partial charge on any atom is 0.418 e. The minimum absolute atomic E-state index is 0.0687. The zero-order valence-corrected chi connectivity index (χ0v) is 20.4. The van der Waals surface area contributed by atoms with Crippen molar-refractivity contribution in [3.8, 4) is 0 Å². The van der Waals surface area contributed by atoms with E-state index >= 15 is 0 Å². The standard InChI is InChI=1S/C25H24F4N4O5/c1-14(25(27,28)29)32(12-15-3-6-17(26)7-4-15)20(34)13-33-21(35)24(38-23(33)37)10-9-16-5-8-18(11-19(16)24)31-22(36)30-2/h3-8,11,14H,9-10,12-13H2,1-2H3,(H2,30,31,36)/t14-,24-/m0/s1. The van der Waals surface area contributed by atoms with E-state index in [1.54, 1.807) is 12.1 Å². The van der Waals surface area contributed by atoms with Crippen LogP contribution in [0.15, 0.2) is 42.5 Å². The molecule has 202 valence electrons. The lowest BCUT2D eigenvalue weighted by atomic mass is 9.94. The molecule has 1 spiro atoms. The van der Waals surface area contributed by atoms with Gasteiger partial charge in [-0.1, -0.05) is 18.2 Å². The summed E-state index contributed by atoms with van der Waals surface area (Å²) >= 11 is 0. The molecule has 1 heterocycles. The zero-order valence-electron chi connectivity index (χ0n) is 20.4. The average Bonchev–Trinajstić information content (AvgIpc) is 3.34. The van der Waals surface area contributed by atoms with E-state index < -0.39 is 60.7 Å². The number of alkyl halides is 3. The highest BCUT2D eigenvalue weighted by atomic mass is 19.4. The Bertz CT molecular complexity index is 1280. The zero-order chi connectivity index (χ0) is 27.8. The number of ether oxygens (including phenoxy) is 1. The predicted molar refractivity (Wildman–Crippen MR) is 125 cm³/mol. The minimum atomic E-state index is -4.80. The smallest absolute Gasteiger partial charge is 0.418 e. The number of carbonyl (C=O) groups is 4. The molecule has 0 radical (unpaired) electrons. The van der Waals surface area contributed by atoms with E-state index in [9.17, 15) is 36.7 Å². The number of halogens is 4. The normalized spacial score (nSPS) is 19.3. The molecule has 2 atom stereocenters. The number of amides is 5. The Balaban J connectivity index is 1.59. The number of benzene rings is 2. The second-order valence-corrected chi connectivity index (χ2v) is 9.03. The lowest BCUT2D eigenvalue weighted by molar-refractivity contribution is -0.187. The van der Waals surface area contributed by atoms with Crippen molar-refractivity contribution in [2.45, 2.75) is 44.1 Å². The molecule has 38 heavy (non-hydrogen) atoms. The molecule has 2 N–H and O–H groups in total. The topological polar surface area (TPSA) is 108 Å². The minimum Gasteiger partial charge on any atom is -0.427 e. The quantitative estimate of drug-likeness (QED) is 0.548. The number of aryl methyl sites for hydroxylation is 1. The Morgan fingerprint density at radius 1 is 1.16 bits per heavy atom. The number of urea groups is 1. The molecular weight excluding hydrogens is 512 g/mol. The van der Waals surface area contributed by atoms with Gasteiger partial charge in [0.2, 0.25) is 11.5 Å². The molecule has 1 fully saturated rings. The summed E-state index contributed by atoms with van der Waals surface area (Å²) < 4.78 is 59.5. The summed E-state index contributed by atoms with van der Waals surface area (Å²) in [6.45, 7) is -0.729. The highest BCUT2D eigenvalue weighted by Crippen LogP contribution is 2.46. The first-order valence-corrected chi connectivity index (χ1v) is 11.6. The van der Waals surface area contributed by atoms with Crippen molar-refractivity contribution in [1.82, 2.24) is 15.1 Å². The highest BCUT2D eigenvalue weighted by Gasteiger charge is 2.58. The van der Waals surface area contributed by atoms with Gasteiger partial charge in [0.1, 0.15) is 18.4 Å². The van der Waals surface area contributed by atoms with Gasteiger partial charge in [-0.3, -0.25) is 9.59 Å². The van der Waals surface area contributed by atoms with Crippen molar-refractivity contribution in [2.24, 2.45) is 0 Å². The molecule has 2 aliphatic rings. The number of rotatable bonds is 6. The molecule has 1 aliphatic carbocycles. The molecule has 1 saturated heterocycles. The monoisotopic (exact) mass is 536 g/mol. The third-order valence-electron chi connectivity index (χ3n) is 6.67. The van der Waals surface area contributed by atoms with Gasteiger partial charge in [-0.15, -0.1) is 0 Å². The van der Waals surface area contributed by atoms with Crippen LogP contribution in [0.2, 0.25) is 0 Å². The first-order chi connectivity index (χ1) is 17.9. The van der Waals surface area contributed by atoms with Gasteiger partial charge in [0.15, 0.2) is 0 Å². The lowest BCUT2D eigenvalue weighted by Gasteiger charge is -2.31. The van der Waals surface area contributed by atoms with E-state index in [2.05, 4.69) is 10.6 Å². The Kier molecular flexibility index (Phi) is 7.04. The molecule has 2 aromatic rings. The van der Waals surface area contributed by atoms with E-state index in [4.69, 9.17) is 4.74 Å². The molecule has 4 rings (SSSR count). The van der Waals surface area contributed by atoms with Crippen molar-refractivity contribution in [3.63, 3.8) is 0 Å². The van der Waals surface area contributed by atoms with Gasteiger partial charge in [0, 0.05) is 31.3 Å². The van der Waals surface area contributed by atoms with Gasteiger partial charge in [0.25, 0.3) is 5.91 Å². The largest absolute Gasteiger partial charge is 0.427 e. The summed E-state index contributed by atoms with van der Waals surface area (Å²) in [5, 5.41) is 4.94. The summed E-state index contributed by atoms with van der Waals surface area (Å²) in [5.74, 6) is -2.63. The number of hydrogen-bond acceptors (Lipinski definition) is 5. The summed E-state index contributed by atoms with van der Waals surface area (Å²) in [5.41, 5.74) is -0.197. The summed E-state index contributed by atoms with van der Waals surface area (Å²) in [6.07, 6.45) is -5.54. The van der Waals surface area contributed by atoms with Gasteiger partial charge in [-0.05, 0) is 48.7 Å². The van der Waals surface area contributed by atoms with E-state index in [0.717, 1.165) is 19.1 Å².